The van der Waals surface area contributed by atoms with Crippen LogP contribution in [-0.2, 0) is 6.18 Å². The van der Waals surface area contributed by atoms with Crippen LogP contribution in [0.25, 0.3) is 0 Å². The average Bonchev–Trinajstić information content (AvgIpc) is 2.14. The van der Waals surface area contributed by atoms with Crippen molar-refractivity contribution in [3.63, 3.8) is 0 Å². The van der Waals surface area contributed by atoms with Crippen molar-refractivity contribution in [2.75, 3.05) is 6.26 Å². The third-order valence-corrected chi connectivity index (χ3v) is 3.31. The maximum atomic E-state index is 12.5. The molecule has 1 aromatic rings. The van der Waals surface area contributed by atoms with Crippen LogP contribution >= 0.6 is 23.4 Å². The molecule has 0 radical (unpaired) electrons. The summed E-state index contributed by atoms with van der Waals surface area (Å²) in [5.41, 5.74) is 0.0911. The minimum Gasteiger partial charge on any atom is -0.166 e. The Labute approximate surface area is 102 Å². The number of hydrogen-bond acceptors (Lipinski definition) is 1. The first kappa shape index (κ1) is 13.7. The fourth-order valence-electron chi connectivity index (χ4n) is 1.49. The van der Waals surface area contributed by atoms with Gasteiger partial charge in [-0.2, -0.15) is 13.2 Å². The van der Waals surface area contributed by atoms with E-state index in [9.17, 15) is 13.2 Å². The first-order valence-corrected chi connectivity index (χ1v) is 6.32. The highest BCUT2D eigenvalue weighted by atomic mass is 35.5. The van der Waals surface area contributed by atoms with Gasteiger partial charge < -0.3 is 0 Å². The third kappa shape index (κ3) is 2.86. The van der Waals surface area contributed by atoms with Crippen molar-refractivity contribution in [2.45, 2.75) is 30.8 Å². The minimum atomic E-state index is -4.34. The number of hydrogen-bond donors (Lipinski definition) is 0. The largest absolute Gasteiger partial charge is 0.416 e. The van der Waals surface area contributed by atoms with Crippen molar-refractivity contribution in [1.29, 1.82) is 0 Å². The maximum Gasteiger partial charge on any atom is 0.416 e. The summed E-state index contributed by atoms with van der Waals surface area (Å²) in [7, 11) is 0. The Bertz CT molecular complexity index is 386. The molecule has 0 saturated heterocycles. The standard InChI is InChI=1S/C11H12ClF3S/c1-6(2)10-8(12)4-7(11(13,14)15)5-9(10)16-3/h4-6H,1-3H3. The Morgan fingerprint density at radius 2 is 1.81 bits per heavy atom. The van der Waals surface area contributed by atoms with Gasteiger partial charge in [-0.3, -0.25) is 0 Å². The Morgan fingerprint density at radius 1 is 1.25 bits per heavy atom. The first-order chi connectivity index (χ1) is 7.27. The van der Waals surface area contributed by atoms with Gasteiger partial charge in [0.2, 0.25) is 0 Å². The number of thioether (sulfide) groups is 1. The molecular formula is C11H12ClF3S. The summed E-state index contributed by atoms with van der Waals surface area (Å²) < 4.78 is 37.6. The molecule has 0 aromatic heterocycles. The molecular weight excluding hydrogens is 257 g/mol. The molecule has 0 amide bonds. The molecule has 0 aliphatic carbocycles. The molecule has 1 rings (SSSR count). The lowest BCUT2D eigenvalue weighted by Gasteiger charge is -2.16. The highest BCUT2D eigenvalue weighted by Crippen LogP contribution is 2.39. The van der Waals surface area contributed by atoms with Crippen molar-refractivity contribution < 1.29 is 13.2 Å². The first-order valence-electron chi connectivity index (χ1n) is 4.72. The van der Waals surface area contributed by atoms with Crippen LogP contribution in [-0.4, -0.2) is 6.26 Å². The highest BCUT2D eigenvalue weighted by Gasteiger charge is 2.32. The fraction of sp³-hybridized carbons (Fsp3) is 0.455. The van der Waals surface area contributed by atoms with E-state index in [4.69, 9.17) is 11.6 Å². The highest BCUT2D eigenvalue weighted by molar-refractivity contribution is 7.98. The van der Waals surface area contributed by atoms with Gasteiger partial charge in [-0.15, -0.1) is 11.8 Å². The lowest BCUT2D eigenvalue weighted by Crippen LogP contribution is -2.06. The molecule has 0 saturated carbocycles. The summed E-state index contributed by atoms with van der Waals surface area (Å²) in [4.78, 5) is 0.592. The molecule has 0 fully saturated rings. The van der Waals surface area contributed by atoms with Gasteiger partial charge in [0, 0.05) is 9.92 Å². The van der Waals surface area contributed by atoms with Crippen molar-refractivity contribution in [3.8, 4) is 0 Å². The van der Waals surface area contributed by atoms with Gasteiger partial charge in [-0.1, -0.05) is 25.4 Å². The fourth-order valence-corrected chi connectivity index (χ4v) is 2.79. The summed E-state index contributed by atoms with van der Waals surface area (Å²) in [6.45, 7) is 3.82. The summed E-state index contributed by atoms with van der Waals surface area (Å²) in [5, 5.41) is 0.189. The molecule has 90 valence electrons. The number of halogens is 4. The van der Waals surface area contributed by atoms with E-state index in [1.54, 1.807) is 6.26 Å². The molecule has 0 spiro atoms. The Morgan fingerprint density at radius 3 is 2.19 bits per heavy atom. The molecule has 0 bridgehead atoms. The third-order valence-electron chi connectivity index (χ3n) is 2.22. The predicted molar refractivity (Wildman–Crippen MR) is 62.3 cm³/mol. The number of rotatable bonds is 2. The van der Waals surface area contributed by atoms with Crippen LogP contribution in [0.3, 0.4) is 0 Å². The van der Waals surface area contributed by atoms with Crippen LogP contribution in [0.2, 0.25) is 5.02 Å². The monoisotopic (exact) mass is 268 g/mol. The van der Waals surface area contributed by atoms with Crippen LogP contribution in [0.5, 0.6) is 0 Å². The number of alkyl halides is 3. The Kier molecular flexibility index (Phi) is 4.18. The van der Waals surface area contributed by atoms with Crippen LogP contribution in [0, 0.1) is 0 Å². The van der Waals surface area contributed by atoms with Gasteiger partial charge in [0.15, 0.2) is 0 Å². The molecule has 16 heavy (non-hydrogen) atoms. The summed E-state index contributed by atoms with van der Waals surface area (Å²) in [6, 6.07) is 2.16. The predicted octanol–water partition coefficient (Wildman–Crippen LogP) is 5.20. The molecule has 0 atom stereocenters. The summed E-state index contributed by atoms with van der Waals surface area (Å²) >= 11 is 7.18. The van der Waals surface area contributed by atoms with E-state index in [2.05, 4.69) is 0 Å². The zero-order valence-corrected chi connectivity index (χ0v) is 10.7. The van der Waals surface area contributed by atoms with Gasteiger partial charge in [0.1, 0.15) is 0 Å². The minimum absolute atomic E-state index is 0.109. The molecule has 0 nitrogen and oxygen atoms in total. The molecule has 0 heterocycles. The zero-order chi connectivity index (χ0) is 12.5. The van der Waals surface area contributed by atoms with Gasteiger partial charge >= 0.3 is 6.18 Å². The summed E-state index contributed by atoms with van der Waals surface area (Å²) in [6.07, 6.45) is -2.60. The maximum absolute atomic E-state index is 12.5. The van der Waals surface area contributed by atoms with Gasteiger partial charge in [0.25, 0.3) is 0 Å². The molecule has 0 N–H and O–H groups in total. The van der Waals surface area contributed by atoms with Crippen LogP contribution in [0.15, 0.2) is 17.0 Å². The van der Waals surface area contributed by atoms with E-state index < -0.39 is 11.7 Å². The molecule has 0 aliphatic rings. The average molecular weight is 269 g/mol. The normalized spacial score (nSPS) is 12.2. The van der Waals surface area contributed by atoms with Crippen molar-refractivity contribution in [2.24, 2.45) is 0 Å². The van der Waals surface area contributed by atoms with E-state index >= 15 is 0 Å². The SMILES string of the molecule is CSc1cc(C(F)(F)F)cc(Cl)c1C(C)C. The van der Waals surface area contributed by atoms with E-state index in [-0.39, 0.29) is 10.9 Å². The van der Waals surface area contributed by atoms with Gasteiger partial charge in [0.05, 0.1) is 5.56 Å². The van der Waals surface area contributed by atoms with Crippen LogP contribution in [0.4, 0.5) is 13.2 Å². The molecule has 1 aromatic carbocycles. The van der Waals surface area contributed by atoms with Crippen molar-refractivity contribution in [3.05, 3.63) is 28.3 Å². The van der Waals surface area contributed by atoms with Gasteiger partial charge in [-0.25, -0.2) is 0 Å². The van der Waals surface area contributed by atoms with Crippen LogP contribution in [0.1, 0.15) is 30.9 Å². The van der Waals surface area contributed by atoms with E-state index in [1.165, 1.54) is 11.8 Å². The van der Waals surface area contributed by atoms with Crippen molar-refractivity contribution in [1.82, 2.24) is 0 Å². The quantitative estimate of drug-likeness (QED) is 0.664. The van der Waals surface area contributed by atoms with E-state index in [0.29, 0.717) is 4.90 Å². The van der Waals surface area contributed by atoms with E-state index in [1.807, 2.05) is 13.8 Å². The lowest BCUT2D eigenvalue weighted by atomic mass is 10.0. The second-order valence-corrected chi connectivity index (χ2v) is 4.98. The molecule has 0 aliphatic heterocycles. The van der Waals surface area contributed by atoms with Crippen molar-refractivity contribution >= 4 is 23.4 Å². The molecule has 0 unspecified atom stereocenters. The Balaban J connectivity index is 3.38. The second kappa shape index (κ2) is 4.88. The molecule has 5 heteroatoms. The second-order valence-electron chi connectivity index (χ2n) is 3.73. The lowest BCUT2D eigenvalue weighted by molar-refractivity contribution is -0.137. The van der Waals surface area contributed by atoms with Crippen LogP contribution < -0.4 is 0 Å². The Hall–Kier alpha value is -0.350. The summed E-state index contributed by atoms with van der Waals surface area (Å²) in [5.74, 6) is 0.109. The van der Waals surface area contributed by atoms with Gasteiger partial charge in [-0.05, 0) is 29.9 Å². The zero-order valence-electron chi connectivity index (χ0n) is 9.15. The smallest absolute Gasteiger partial charge is 0.166 e. The number of benzene rings is 1. The topological polar surface area (TPSA) is 0 Å². The van der Waals surface area contributed by atoms with E-state index in [0.717, 1.165) is 17.7 Å².